The first-order valence-corrected chi connectivity index (χ1v) is 10.2. The van der Waals surface area contributed by atoms with Crippen LogP contribution >= 0.6 is 15.9 Å². The third-order valence-electron chi connectivity index (χ3n) is 6.30. The predicted molar refractivity (Wildman–Crippen MR) is 106 cm³/mol. The number of hydrogen-bond donors (Lipinski definition) is 1. The SMILES string of the molecule is Oc1cc([C@@]23CCCC(C2)N(CCc2ccccc2)CC3)ccc1Br. The Kier molecular flexibility index (Phi) is 4.88. The van der Waals surface area contributed by atoms with E-state index in [-0.39, 0.29) is 5.41 Å². The van der Waals surface area contributed by atoms with Crippen LogP contribution in [0.15, 0.2) is 53.0 Å². The van der Waals surface area contributed by atoms with E-state index >= 15 is 0 Å². The number of rotatable bonds is 4. The molecule has 4 rings (SSSR count). The molecule has 132 valence electrons. The molecule has 1 aliphatic carbocycles. The lowest BCUT2D eigenvalue weighted by molar-refractivity contribution is 0.0524. The molecule has 1 unspecified atom stereocenters. The van der Waals surface area contributed by atoms with Crippen molar-refractivity contribution in [3.8, 4) is 5.75 Å². The average molecular weight is 400 g/mol. The van der Waals surface area contributed by atoms with Gasteiger partial charge in [-0.2, -0.15) is 0 Å². The molecule has 2 nitrogen and oxygen atoms in total. The van der Waals surface area contributed by atoms with Crippen LogP contribution < -0.4 is 0 Å². The second-order valence-corrected chi connectivity index (χ2v) is 8.57. The fourth-order valence-electron chi connectivity index (χ4n) is 4.87. The highest BCUT2D eigenvalue weighted by Gasteiger charge is 2.43. The molecule has 2 atom stereocenters. The van der Waals surface area contributed by atoms with Crippen molar-refractivity contribution < 1.29 is 5.11 Å². The first kappa shape index (κ1) is 17.1. The van der Waals surface area contributed by atoms with Gasteiger partial charge in [-0.25, -0.2) is 0 Å². The monoisotopic (exact) mass is 399 g/mol. The summed E-state index contributed by atoms with van der Waals surface area (Å²) >= 11 is 3.41. The van der Waals surface area contributed by atoms with Crippen LogP contribution in [0, 0.1) is 0 Å². The number of phenols is 1. The lowest BCUT2D eigenvalue weighted by atomic mass is 9.63. The van der Waals surface area contributed by atoms with Crippen molar-refractivity contribution in [3.63, 3.8) is 0 Å². The summed E-state index contributed by atoms with van der Waals surface area (Å²) < 4.78 is 0.792. The number of nitrogens with zero attached hydrogens (tertiary/aromatic N) is 1. The standard InChI is InChI=1S/C22H26BrNO/c23-20-9-8-18(15-21(20)25)22-11-4-7-19(16-22)24(14-12-22)13-10-17-5-2-1-3-6-17/h1-3,5-6,8-9,15,19,25H,4,7,10-14,16H2/t19?,22-/m1/s1. The third kappa shape index (κ3) is 3.50. The Morgan fingerprint density at radius 1 is 1.12 bits per heavy atom. The minimum absolute atomic E-state index is 0.268. The fraction of sp³-hybridized carbons (Fsp3) is 0.455. The van der Waals surface area contributed by atoms with Gasteiger partial charge in [-0.05, 0) is 83.3 Å². The van der Waals surface area contributed by atoms with Crippen LogP contribution in [0.5, 0.6) is 5.75 Å². The fourth-order valence-corrected chi connectivity index (χ4v) is 5.12. The maximum Gasteiger partial charge on any atom is 0.130 e. The summed E-state index contributed by atoms with van der Waals surface area (Å²) in [5.41, 5.74) is 3.04. The summed E-state index contributed by atoms with van der Waals surface area (Å²) in [5, 5.41) is 10.1. The van der Waals surface area contributed by atoms with Gasteiger partial charge in [0, 0.05) is 12.6 Å². The van der Waals surface area contributed by atoms with Gasteiger partial charge in [0.05, 0.1) is 4.47 Å². The van der Waals surface area contributed by atoms with E-state index < -0.39 is 0 Å². The van der Waals surface area contributed by atoms with Gasteiger partial charge < -0.3 is 5.11 Å². The summed E-state index contributed by atoms with van der Waals surface area (Å²) in [6.07, 6.45) is 7.46. The molecule has 0 amide bonds. The van der Waals surface area contributed by atoms with E-state index in [1.54, 1.807) is 0 Å². The molecule has 1 saturated carbocycles. The van der Waals surface area contributed by atoms with E-state index in [0.717, 1.165) is 17.4 Å². The molecular weight excluding hydrogens is 374 g/mol. The highest BCUT2D eigenvalue weighted by molar-refractivity contribution is 9.10. The zero-order valence-electron chi connectivity index (χ0n) is 14.6. The molecule has 0 spiro atoms. The van der Waals surface area contributed by atoms with Crippen LogP contribution in [0.1, 0.15) is 43.2 Å². The van der Waals surface area contributed by atoms with Crippen molar-refractivity contribution in [1.29, 1.82) is 0 Å². The zero-order valence-corrected chi connectivity index (χ0v) is 16.2. The van der Waals surface area contributed by atoms with Gasteiger partial charge in [-0.1, -0.05) is 42.8 Å². The quantitative estimate of drug-likeness (QED) is 0.755. The van der Waals surface area contributed by atoms with Crippen molar-refractivity contribution >= 4 is 15.9 Å². The van der Waals surface area contributed by atoms with Gasteiger partial charge >= 0.3 is 0 Å². The number of piperidine rings is 1. The van der Waals surface area contributed by atoms with Crippen LogP contribution in [0.3, 0.4) is 0 Å². The number of phenolic OH excluding ortho intramolecular Hbond substituents is 1. The predicted octanol–water partition coefficient (Wildman–Crippen LogP) is 5.28. The third-order valence-corrected chi connectivity index (χ3v) is 6.97. The van der Waals surface area contributed by atoms with Crippen molar-refractivity contribution in [2.45, 2.75) is 50.0 Å². The van der Waals surface area contributed by atoms with E-state index in [2.05, 4.69) is 57.2 Å². The number of hydrogen-bond acceptors (Lipinski definition) is 2. The van der Waals surface area contributed by atoms with E-state index in [0.29, 0.717) is 11.8 Å². The van der Waals surface area contributed by atoms with Gasteiger partial charge in [0.25, 0.3) is 0 Å². The first-order chi connectivity index (χ1) is 12.2. The van der Waals surface area contributed by atoms with Crippen molar-refractivity contribution in [1.82, 2.24) is 4.90 Å². The number of benzene rings is 2. The van der Waals surface area contributed by atoms with Crippen LogP contribution in [-0.2, 0) is 11.8 Å². The van der Waals surface area contributed by atoms with Crippen LogP contribution in [0.25, 0.3) is 0 Å². The molecule has 0 radical (unpaired) electrons. The summed E-state index contributed by atoms with van der Waals surface area (Å²) in [6.45, 7) is 2.34. The van der Waals surface area contributed by atoms with Crippen molar-refractivity contribution in [2.24, 2.45) is 0 Å². The summed E-state index contributed by atoms with van der Waals surface area (Å²) in [6, 6.07) is 17.7. The Hall–Kier alpha value is -1.32. The second kappa shape index (κ2) is 7.13. The van der Waals surface area contributed by atoms with E-state index in [1.165, 1.54) is 49.8 Å². The van der Waals surface area contributed by atoms with Crippen molar-refractivity contribution in [2.75, 3.05) is 13.1 Å². The van der Waals surface area contributed by atoms with Gasteiger partial charge in [0.1, 0.15) is 5.75 Å². The maximum atomic E-state index is 10.1. The molecule has 0 aromatic heterocycles. The number of halogens is 1. The molecule has 1 N–H and O–H groups in total. The number of likely N-dealkylation sites (tertiary alicyclic amines) is 1. The molecule has 1 heterocycles. The average Bonchev–Trinajstić information content (AvgIpc) is 2.64. The molecule has 2 aromatic rings. The smallest absolute Gasteiger partial charge is 0.130 e. The van der Waals surface area contributed by atoms with Gasteiger partial charge in [0.2, 0.25) is 0 Å². The Labute approximate surface area is 159 Å². The second-order valence-electron chi connectivity index (χ2n) is 7.72. The largest absolute Gasteiger partial charge is 0.507 e. The Bertz CT molecular complexity index is 732. The van der Waals surface area contributed by atoms with Gasteiger partial charge in [0.15, 0.2) is 0 Å². The Morgan fingerprint density at radius 3 is 2.76 bits per heavy atom. The summed E-state index contributed by atoms with van der Waals surface area (Å²) in [4.78, 5) is 2.71. The molecule has 2 fully saturated rings. The maximum absolute atomic E-state index is 10.1. The molecule has 2 bridgehead atoms. The summed E-state index contributed by atoms with van der Waals surface area (Å²) in [5.74, 6) is 0.375. The minimum Gasteiger partial charge on any atom is -0.507 e. The van der Waals surface area contributed by atoms with E-state index in [1.807, 2.05) is 12.1 Å². The minimum atomic E-state index is 0.268. The highest BCUT2D eigenvalue weighted by Crippen LogP contribution is 2.48. The van der Waals surface area contributed by atoms with Gasteiger partial charge in [-0.15, -0.1) is 0 Å². The van der Waals surface area contributed by atoms with Crippen LogP contribution in [0.4, 0.5) is 0 Å². The lowest BCUT2D eigenvalue weighted by Crippen LogP contribution is -2.52. The van der Waals surface area contributed by atoms with Gasteiger partial charge in [-0.3, -0.25) is 4.90 Å². The molecule has 25 heavy (non-hydrogen) atoms. The Balaban J connectivity index is 1.47. The molecule has 2 aliphatic rings. The number of aromatic hydroxyl groups is 1. The van der Waals surface area contributed by atoms with Crippen LogP contribution in [-0.4, -0.2) is 29.1 Å². The highest BCUT2D eigenvalue weighted by atomic mass is 79.9. The molecule has 2 aromatic carbocycles. The topological polar surface area (TPSA) is 23.5 Å². The zero-order chi connectivity index (χ0) is 17.3. The van der Waals surface area contributed by atoms with E-state index in [9.17, 15) is 5.11 Å². The first-order valence-electron chi connectivity index (χ1n) is 9.43. The Morgan fingerprint density at radius 2 is 1.96 bits per heavy atom. The van der Waals surface area contributed by atoms with E-state index in [4.69, 9.17) is 0 Å². The number of fused-ring (bicyclic) bond motifs is 2. The van der Waals surface area contributed by atoms with Crippen molar-refractivity contribution in [3.05, 3.63) is 64.1 Å². The molecule has 1 aliphatic heterocycles. The summed E-state index contributed by atoms with van der Waals surface area (Å²) in [7, 11) is 0. The molecule has 1 saturated heterocycles. The molecular formula is C22H26BrNO. The normalized spacial score (nSPS) is 26.5. The lowest BCUT2D eigenvalue weighted by Gasteiger charge is -2.51. The van der Waals surface area contributed by atoms with Crippen LogP contribution in [0.2, 0.25) is 0 Å². The molecule has 3 heteroatoms.